The first kappa shape index (κ1) is 21.7. The predicted octanol–water partition coefficient (Wildman–Crippen LogP) is 4.56. The van der Waals surface area contributed by atoms with E-state index in [2.05, 4.69) is 25.1 Å². The number of benzene rings is 2. The number of rotatable bonds is 7. The van der Waals surface area contributed by atoms with Gasteiger partial charge in [-0.25, -0.2) is 9.78 Å². The van der Waals surface area contributed by atoms with Crippen LogP contribution in [0, 0.1) is 0 Å². The van der Waals surface area contributed by atoms with Gasteiger partial charge in [-0.1, -0.05) is 35.3 Å². The second-order valence-electron chi connectivity index (χ2n) is 7.48. The molecule has 1 fully saturated rings. The number of halogens is 2. The Morgan fingerprint density at radius 2 is 1.90 bits per heavy atom. The van der Waals surface area contributed by atoms with Gasteiger partial charge in [-0.2, -0.15) is 0 Å². The highest BCUT2D eigenvalue weighted by molar-refractivity contribution is 6.43. The third kappa shape index (κ3) is 5.42. The van der Waals surface area contributed by atoms with Crippen LogP contribution < -0.4 is 15.0 Å². The lowest BCUT2D eigenvalue weighted by Crippen LogP contribution is -2.46. The van der Waals surface area contributed by atoms with Crippen LogP contribution in [0.5, 0.6) is 5.75 Å². The molecule has 0 radical (unpaired) electrons. The molecule has 1 aromatic heterocycles. The van der Waals surface area contributed by atoms with Gasteiger partial charge in [0.05, 0.1) is 27.6 Å². The summed E-state index contributed by atoms with van der Waals surface area (Å²) < 4.78 is 5.39. The first-order valence-electron chi connectivity index (χ1n) is 10.4. The number of nitrogens with zero attached hydrogens (tertiary/aromatic N) is 3. The summed E-state index contributed by atoms with van der Waals surface area (Å²) >= 11 is 12.5. The lowest BCUT2D eigenvalue weighted by molar-refractivity contribution is 0.200. The first-order valence-corrected chi connectivity index (χ1v) is 11.2. The molecule has 2 heterocycles. The quantitative estimate of drug-likeness (QED) is 0.504. The van der Waals surface area contributed by atoms with Gasteiger partial charge >= 0.3 is 6.09 Å². The lowest BCUT2D eigenvalue weighted by atomic mass is 10.2. The number of H-pyrrole nitrogens is 1. The fourth-order valence-corrected chi connectivity index (χ4v) is 4.17. The molecule has 2 N–H and O–H groups in total. The SMILES string of the molecule is O=C(NCCCCN1CCN(c2cccc(Cl)c2Cl)CC1)Oc1cccc2[nH]cnc12. The van der Waals surface area contributed by atoms with E-state index in [1.54, 1.807) is 12.4 Å². The third-order valence-corrected chi connectivity index (χ3v) is 6.24. The summed E-state index contributed by atoms with van der Waals surface area (Å²) in [7, 11) is 0. The maximum atomic E-state index is 12.1. The number of unbranched alkanes of at least 4 members (excludes halogenated alkanes) is 1. The number of anilines is 1. The van der Waals surface area contributed by atoms with E-state index in [0.29, 0.717) is 27.9 Å². The normalized spacial score (nSPS) is 14.7. The Hall–Kier alpha value is -2.48. The number of fused-ring (bicyclic) bond motifs is 1. The number of para-hydroxylation sites is 1. The zero-order valence-corrected chi connectivity index (χ0v) is 18.6. The molecule has 0 bridgehead atoms. The van der Waals surface area contributed by atoms with E-state index in [9.17, 15) is 4.79 Å². The van der Waals surface area contributed by atoms with Crippen LogP contribution >= 0.6 is 23.2 Å². The Labute approximate surface area is 191 Å². The van der Waals surface area contributed by atoms with E-state index in [4.69, 9.17) is 27.9 Å². The standard InChI is InChI=1S/C22H25Cl2N5O2/c23-16-5-3-7-18(20(16)24)29-13-11-28(12-14-29)10-2-1-9-25-22(30)31-19-8-4-6-17-21(19)27-15-26-17/h3-8,15H,1-2,9-14H2,(H,25,30)(H,26,27). The number of ether oxygens (including phenoxy) is 1. The van der Waals surface area contributed by atoms with Crippen LogP contribution in [0.4, 0.5) is 10.5 Å². The Bertz CT molecular complexity index is 1030. The fourth-order valence-electron chi connectivity index (χ4n) is 3.76. The van der Waals surface area contributed by atoms with Gasteiger partial charge < -0.3 is 19.9 Å². The maximum Gasteiger partial charge on any atom is 0.412 e. The van der Waals surface area contributed by atoms with Crippen molar-refractivity contribution in [1.29, 1.82) is 0 Å². The topological polar surface area (TPSA) is 73.5 Å². The molecular formula is C22H25Cl2N5O2. The first-order chi connectivity index (χ1) is 15.1. The summed E-state index contributed by atoms with van der Waals surface area (Å²) in [6, 6.07) is 11.2. The van der Waals surface area contributed by atoms with Crippen molar-refractivity contribution < 1.29 is 9.53 Å². The summed E-state index contributed by atoms with van der Waals surface area (Å²) in [5, 5.41) is 4.03. The number of hydrogen-bond acceptors (Lipinski definition) is 5. The highest BCUT2D eigenvalue weighted by Crippen LogP contribution is 2.32. The highest BCUT2D eigenvalue weighted by Gasteiger charge is 2.19. The molecule has 1 aliphatic rings. The second-order valence-corrected chi connectivity index (χ2v) is 8.27. The van der Waals surface area contributed by atoms with E-state index >= 15 is 0 Å². The van der Waals surface area contributed by atoms with E-state index < -0.39 is 6.09 Å². The minimum atomic E-state index is -0.456. The van der Waals surface area contributed by atoms with Crippen LogP contribution in [0.3, 0.4) is 0 Å². The van der Waals surface area contributed by atoms with Gasteiger partial charge in [-0.05, 0) is 43.7 Å². The van der Waals surface area contributed by atoms with Gasteiger partial charge in [0.2, 0.25) is 0 Å². The number of carbonyl (C=O) groups excluding carboxylic acids is 1. The fraction of sp³-hybridized carbons (Fsp3) is 0.364. The summed E-state index contributed by atoms with van der Waals surface area (Å²) in [5.74, 6) is 0.453. The second kappa shape index (κ2) is 10.2. The molecule has 1 aliphatic heterocycles. The number of nitrogens with one attached hydrogen (secondary N) is 2. The molecule has 9 heteroatoms. The van der Waals surface area contributed by atoms with Crippen molar-refractivity contribution in [2.75, 3.05) is 44.2 Å². The van der Waals surface area contributed by atoms with E-state index in [0.717, 1.165) is 56.8 Å². The summed E-state index contributed by atoms with van der Waals surface area (Å²) in [4.78, 5) is 24.0. The zero-order chi connectivity index (χ0) is 21.6. The number of hydrogen-bond donors (Lipinski definition) is 2. The van der Waals surface area contributed by atoms with Crippen LogP contribution in [-0.2, 0) is 0 Å². The van der Waals surface area contributed by atoms with E-state index in [-0.39, 0.29) is 0 Å². The van der Waals surface area contributed by atoms with Crippen molar-refractivity contribution in [2.24, 2.45) is 0 Å². The number of imidazole rings is 1. The Morgan fingerprint density at radius 1 is 1.10 bits per heavy atom. The van der Waals surface area contributed by atoms with E-state index in [1.165, 1.54) is 0 Å². The molecule has 3 aromatic rings. The van der Waals surface area contributed by atoms with Crippen molar-refractivity contribution in [3.63, 3.8) is 0 Å². The molecule has 1 saturated heterocycles. The lowest BCUT2D eigenvalue weighted by Gasteiger charge is -2.36. The van der Waals surface area contributed by atoms with Crippen molar-refractivity contribution in [1.82, 2.24) is 20.2 Å². The number of piperazine rings is 1. The number of amides is 1. The molecule has 0 aliphatic carbocycles. The molecule has 164 valence electrons. The van der Waals surface area contributed by atoms with Crippen molar-refractivity contribution in [3.05, 3.63) is 52.8 Å². The molecule has 31 heavy (non-hydrogen) atoms. The Balaban J connectivity index is 1.13. The van der Waals surface area contributed by atoms with Gasteiger partial charge in [0, 0.05) is 32.7 Å². The maximum absolute atomic E-state index is 12.1. The summed E-state index contributed by atoms with van der Waals surface area (Å²) in [6.07, 6.45) is 3.02. The van der Waals surface area contributed by atoms with Crippen LogP contribution in [0.15, 0.2) is 42.7 Å². The smallest absolute Gasteiger partial charge is 0.408 e. The Morgan fingerprint density at radius 3 is 2.74 bits per heavy atom. The molecular weight excluding hydrogens is 437 g/mol. The monoisotopic (exact) mass is 461 g/mol. The largest absolute Gasteiger partial charge is 0.412 e. The molecule has 1 amide bonds. The average Bonchev–Trinajstić information content (AvgIpc) is 3.26. The number of carbonyl (C=O) groups is 1. The van der Waals surface area contributed by atoms with Gasteiger partial charge in [0.25, 0.3) is 0 Å². The number of aromatic nitrogens is 2. The zero-order valence-electron chi connectivity index (χ0n) is 17.1. The van der Waals surface area contributed by atoms with Crippen LogP contribution in [0.2, 0.25) is 10.0 Å². The van der Waals surface area contributed by atoms with Crippen LogP contribution in [0.1, 0.15) is 12.8 Å². The predicted molar refractivity (Wildman–Crippen MR) is 124 cm³/mol. The minimum absolute atomic E-state index is 0.453. The molecule has 0 spiro atoms. The molecule has 7 nitrogen and oxygen atoms in total. The van der Waals surface area contributed by atoms with Gasteiger partial charge in [0.15, 0.2) is 5.75 Å². The number of aromatic amines is 1. The van der Waals surface area contributed by atoms with Crippen LogP contribution in [-0.4, -0.2) is 60.2 Å². The molecule has 0 unspecified atom stereocenters. The Kier molecular flexibility index (Phi) is 7.17. The van der Waals surface area contributed by atoms with Gasteiger partial charge in [-0.3, -0.25) is 4.90 Å². The molecule has 0 saturated carbocycles. The third-order valence-electron chi connectivity index (χ3n) is 5.43. The molecule has 4 rings (SSSR count). The van der Waals surface area contributed by atoms with Crippen LogP contribution in [0.25, 0.3) is 11.0 Å². The molecule has 2 aromatic carbocycles. The minimum Gasteiger partial charge on any atom is -0.408 e. The van der Waals surface area contributed by atoms with Crippen molar-refractivity contribution in [2.45, 2.75) is 12.8 Å². The van der Waals surface area contributed by atoms with Crippen molar-refractivity contribution in [3.8, 4) is 5.75 Å². The average molecular weight is 462 g/mol. The summed E-state index contributed by atoms with van der Waals surface area (Å²) in [5.41, 5.74) is 2.49. The van der Waals surface area contributed by atoms with Gasteiger partial charge in [0.1, 0.15) is 5.52 Å². The summed E-state index contributed by atoms with van der Waals surface area (Å²) in [6.45, 7) is 5.37. The molecule has 0 atom stereocenters. The highest BCUT2D eigenvalue weighted by atomic mass is 35.5. The van der Waals surface area contributed by atoms with E-state index in [1.807, 2.05) is 30.3 Å². The van der Waals surface area contributed by atoms with Crippen molar-refractivity contribution >= 4 is 46.0 Å². The van der Waals surface area contributed by atoms with Gasteiger partial charge in [-0.15, -0.1) is 0 Å².